The Balaban J connectivity index is 3.81. The van der Waals surface area contributed by atoms with E-state index in [9.17, 15) is 14.2 Å². The number of esters is 2. The Morgan fingerprint density at radius 3 is 1.09 bits per heavy atom. The Hall–Kier alpha value is -0.950. The first-order chi connectivity index (χ1) is 22.8. The summed E-state index contributed by atoms with van der Waals surface area (Å²) in [6, 6.07) is 0. The predicted molar refractivity (Wildman–Crippen MR) is 193 cm³/mol. The maximum absolute atomic E-state index is 12.4. The summed E-state index contributed by atoms with van der Waals surface area (Å²) in [5.74, 6) is -0.874. The molecule has 2 N–H and O–H groups in total. The Bertz CT molecular complexity index is 741. The van der Waals surface area contributed by atoms with Gasteiger partial charge in [0.15, 0.2) is 6.10 Å². The lowest BCUT2D eigenvalue weighted by atomic mass is 10.0. The fourth-order valence-corrected chi connectivity index (χ4v) is 6.26. The molecular formula is C38H75O8P. The van der Waals surface area contributed by atoms with Gasteiger partial charge < -0.3 is 19.3 Å². The molecule has 0 aromatic carbocycles. The third-order valence-corrected chi connectivity index (χ3v) is 9.36. The second kappa shape index (κ2) is 34.9. The van der Waals surface area contributed by atoms with Crippen molar-refractivity contribution in [3.05, 3.63) is 0 Å². The zero-order chi connectivity index (χ0) is 34.7. The van der Waals surface area contributed by atoms with Crippen molar-refractivity contribution in [2.75, 3.05) is 13.2 Å². The molecule has 0 saturated carbocycles. The van der Waals surface area contributed by atoms with Gasteiger partial charge in [-0.15, -0.1) is 0 Å². The normalized spacial score (nSPS) is 12.3. The van der Waals surface area contributed by atoms with Crippen molar-refractivity contribution in [2.45, 2.75) is 219 Å². The number of carbonyl (C=O) groups is 2. The average Bonchev–Trinajstić information content (AvgIpc) is 3.03. The minimum atomic E-state index is -4.74. The van der Waals surface area contributed by atoms with E-state index in [4.69, 9.17) is 19.3 Å². The van der Waals surface area contributed by atoms with E-state index in [0.717, 1.165) is 32.1 Å². The molecule has 0 aromatic heterocycles. The molecule has 0 spiro atoms. The number of ether oxygens (including phenoxy) is 2. The van der Waals surface area contributed by atoms with Crippen LogP contribution in [0.4, 0.5) is 0 Å². The van der Waals surface area contributed by atoms with Crippen LogP contribution in [0.25, 0.3) is 0 Å². The van der Waals surface area contributed by atoms with Crippen LogP contribution in [0.2, 0.25) is 0 Å². The summed E-state index contributed by atoms with van der Waals surface area (Å²) in [7, 11) is -4.74. The Morgan fingerprint density at radius 2 is 0.766 bits per heavy atom. The Kier molecular flexibility index (Phi) is 34.2. The molecule has 0 fully saturated rings. The smallest absolute Gasteiger partial charge is 0.462 e. The van der Waals surface area contributed by atoms with Gasteiger partial charge in [0.2, 0.25) is 0 Å². The van der Waals surface area contributed by atoms with E-state index in [-0.39, 0.29) is 19.4 Å². The zero-order valence-electron chi connectivity index (χ0n) is 30.7. The molecular weight excluding hydrogens is 615 g/mol. The minimum Gasteiger partial charge on any atom is -0.462 e. The van der Waals surface area contributed by atoms with E-state index in [1.54, 1.807) is 0 Å². The largest absolute Gasteiger partial charge is 0.469 e. The van der Waals surface area contributed by atoms with Gasteiger partial charge in [-0.3, -0.25) is 14.1 Å². The lowest BCUT2D eigenvalue weighted by molar-refractivity contribution is -0.161. The van der Waals surface area contributed by atoms with Crippen LogP contribution in [0.5, 0.6) is 0 Å². The highest BCUT2D eigenvalue weighted by Crippen LogP contribution is 2.36. The van der Waals surface area contributed by atoms with Gasteiger partial charge in [-0.05, 0) is 12.8 Å². The first-order valence-electron chi connectivity index (χ1n) is 19.8. The minimum absolute atomic E-state index is 0.220. The highest BCUT2D eigenvalue weighted by Gasteiger charge is 2.22. The van der Waals surface area contributed by atoms with Crippen LogP contribution in [-0.4, -0.2) is 41.0 Å². The molecule has 280 valence electrons. The second-order valence-electron chi connectivity index (χ2n) is 13.6. The molecule has 0 rings (SSSR count). The Morgan fingerprint density at radius 1 is 0.468 bits per heavy atom. The molecule has 8 nitrogen and oxygen atoms in total. The van der Waals surface area contributed by atoms with Gasteiger partial charge in [0.25, 0.3) is 0 Å². The molecule has 1 atom stereocenters. The summed E-state index contributed by atoms with van der Waals surface area (Å²) >= 11 is 0. The fraction of sp³-hybridized carbons (Fsp3) is 0.947. The lowest BCUT2D eigenvalue weighted by Gasteiger charge is -2.18. The standard InChI is InChI=1S/C38H75O8P/c1-3-5-7-9-11-13-14-15-16-17-18-19-20-21-22-23-25-27-29-31-33-38(40)46-36(35-45-47(41,42)43)34-44-37(39)32-30-28-26-24-12-10-8-6-4-2/h36H,3-35H2,1-2H3,(H2,41,42,43). The lowest BCUT2D eigenvalue weighted by Crippen LogP contribution is -2.29. The predicted octanol–water partition coefficient (Wildman–Crippen LogP) is 11.7. The summed E-state index contributed by atoms with van der Waals surface area (Å²) in [6.07, 6.45) is 35.5. The van der Waals surface area contributed by atoms with Crippen LogP contribution in [0.1, 0.15) is 213 Å². The maximum atomic E-state index is 12.4. The maximum Gasteiger partial charge on any atom is 0.469 e. The molecule has 47 heavy (non-hydrogen) atoms. The molecule has 9 heteroatoms. The summed E-state index contributed by atoms with van der Waals surface area (Å²) in [4.78, 5) is 42.6. The molecule has 0 aliphatic carbocycles. The van der Waals surface area contributed by atoms with Crippen molar-refractivity contribution in [3.8, 4) is 0 Å². The molecule has 0 amide bonds. The van der Waals surface area contributed by atoms with E-state index < -0.39 is 32.5 Å². The topological polar surface area (TPSA) is 119 Å². The number of rotatable bonds is 37. The molecule has 0 bridgehead atoms. The van der Waals surface area contributed by atoms with Crippen LogP contribution >= 0.6 is 7.82 Å². The van der Waals surface area contributed by atoms with Gasteiger partial charge >= 0.3 is 19.8 Å². The van der Waals surface area contributed by atoms with Crippen molar-refractivity contribution >= 4 is 19.8 Å². The van der Waals surface area contributed by atoms with Crippen molar-refractivity contribution in [2.24, 2.45) is 0 Å². The molecule has 0 saturated heterocycles. The third-order valence-electron chi connectivity index (χ3n) is 8.88. The van der Waals surface area contributed by atoms with E-state index in [1.165, 1.54) is 148 Å². The highest BCUT2D eigenvalue weighted by molar-refractivity contribution is 7.46. The van der Waals surface area contributed by atoms with Gasteiger partial charge in [-0.25, -0.2) is 4.57 Å². The highest BCUT2D eigenvalue weighted by atomic mass is 31.2. The summed E-state index contributed by atoms with van der Waals surface area (Å²) in [5, 5.41) is 0. The van der Waals surface area contributed by atoms with Crippen molar-refractivity contribution < 1.29 is 37.9 Å². The summed E-state index contributed by atoms with van der Waals surface area (Å²) in [6.45, 7) is 3.68. The van der Waals surface area contributed by atoms with Gasteiger partial charge in [0.05, 0.1) is 6.61 Å². The molecule has 0 aliphatic rings. The van der Waals surface area contributed by atoms with Gasteiger partial charge in [-0.1, -0.05) is 187 Å². The van der Waals surface area contributed by atoms with Crippen LogP contribution in [-0.2, 0) is 28.2 Å². The average molecular weight is 691 g/mol. The van der Waals surface area contributed by atoms with Crippen molar-refractivity contribution in [1.82, 2.24) is 0 Å². The van der Waals surface area contributed by atoms with Crippen molar-refractivity contribution in [1.29, 1.82) is 0 Å². The number of unbranched alkanes of at least 4 members (excludes halogenated alkanes) is 27. The van der Waals surface area contributed by atoms with Gasteiger partial charge in [-0.2, -0.15) is 0 Å². The van der Waals surface area contributed by atoms with Crippen LogP contribution in [0.3, 0.4) is 0 Å². The Labute approximate surface area is 289 Å². The fourth-order valence-electron chi connectivity index (χ4n) is 5.90. The number of hydrogen-bond acceptors (Lipinski definition) is 6. The first-order valence-corrected chi connectivity index (χ1v) is 21.4. The zero-order valence-corrected chi connectivity index (χ0v) is 31.6. The molecule has 0 heterocycles. The third kappa shape index (κ3) is 37.7. The molecule has 1 unspecified atom stereocenters. The second-order valence-corrected chi connectivity index (χ2v) is 14.9. The molecule has 0 aliphatic heterocycles. The number of hydrogen-bond donors (Lipinski definition) is 2. The number of carbonyl (C=O) groups excluding carboxylic acids is 2. The first kappa shape index (κ1) is 46.0. The summed E-state index contributed by atoms with van der Waals surface area (Å²) < 4.78 is 26.3. The van der Waals surface area contributed by atoms with Crippen molar-refractivity contribution in [3.63, 3.8) is 0 Å². The van der Waals surface area contributed by atoms with E-state index in [1.807, 2.05) is 0 Å². The van der Waals surface area contributed by atoms with E-state index >= 15 is 0 Å². The van der Waals surface area contributed by atoms with Crippen LogP contribution in [0, 0.1) is 0 Å². The van der Waals surface area contributed by atoms with E-state index in [2.05, 4.69) is 18.4 Å². The summed E-state index contributed by atoms with van der Waals surface area (Å²) in [5.41, 5.74) is 0. The van der Waals surface area contributed by atoms with E-state index in [0.29, 0.717) is 6.42 Å². The SMILES string of the molecule is CCCCCCCCCCCCCCCCCCCCCCC(=O)OC(COC(=O)CCCCCCCCCCC)COP(=O)(O)O. The number of phosphoric ester groups is 1. The number of phosphoric acid groups is 1. The quantitative estimate of drug-likeness (QED) is 0.0375. The monoisotopic (exact) mass is 691 g/mol. The van der Waals surface area contributed by atoms with Crippen LogP contribution < -0.4 is 0 Å². The van der Waals surface area contributed by atoms with Gasteiger partial charge in [0, 0.05) is 12.8 Å². The molecule has 0 radical (unpaired) electrons. The molecule has 0 aromatic rings. The van der Waals surface area contributed by atoms with Gasteiger partial charge in [0.1, 0.15) is 6.61 Å². The van der Waals surface area contributed by atoms with Crippen LogP contribution in [0.15, 0.2) is 0 Å².